The summed E-state index contributed by atoms with van der Waals surface area (Å²) in [6.45, 7) is -0.492. The molecule has 0 saturated carbocycles. The van der Waals surface area contributed by atoms with E-state index in [0.29, 0.717) is 17.0 Å². The predicted octanol–water partition coefficient (Wildman–Crippen LogP) is 0.432. The molecule has 0 fully saturated rings. The van der Waals surface area contributed by atoms with E-state index in [1.807, 2.05) is 0 Å². The lowest BCUT2D eigenvalue weighted by Gasteiger charge is -2.13. The average Bonchev–Trinajstić information content (AvgIpc) is 2.59. The van der Waals surface area contributed by atoms with Gasteiger partial charge in [0.2, 0.25) is 0 Å². The van der Waals surface area contributed by atoms with Crippen LogP contribution in [0.15, 0.2) is 30.5 Å². The van der Waals surface area contributed by atoms with Gasteiger partial charge < -0.3 is 20.4 Å². The summed E-state index contributed by atoms with van der Waals surface area (Å²) in [6, 6.07) is 6.55. The van der Waals surface area contributed by atoms with Crippen LogP contribution in [0.25, 0.3) is 11.4 Å². The van der Waals surface area contributed by atoms with Crippen LogP contribution in [0.1, 0.15) is 10.4 Å². The fourth-order valence-electron chi connectivity index (χ4n) is 1.99. The fraction of sp³-hybridized carbons (Fsp3) is 0.312. The maximum atomic E-state index is 13.7. The quantitative estimate of drug-likeness (QED) is 0.709. The van der Waals surface area contributed by atoms with Crippen LogP contribution in [0, 0.1) is 5.82 Å². The number of carbonyl (C=O) groups is 1. The Balaban J connectivity index is 2.24. The van der Waals surface area contributed by atoms with Gasteiger partial charge in [-0.3, -0.25) is 4.79 Å². The lowest BCUT2D eigenvalue weighted by molar-refractivity contribution is 0.0802. The molecule has 1 heterocycles. The van der Waals surface area contributed by atoms with Crippen molar-refractivity contribution in [3.8, 4) is 11.4 Å². The minimum Gasteiger partial charge on any atom is -0.394 e. The van der Waals surface area contributed by atoms with Crippen LogP contribution in [0.5, 0.6) is 0 Å². The molecule has 24 heavy (non-hydrogen) atoms. The smallest absolute Gasteiger partial charge is 0.251 e. The second-order valence-electron chi connectivity index (χ2n) is 5.39. The molecule has 0 saturated heterocycles. The SMILES string of the molecule is CN(C)c1nc(-c2cccc(C(=O)NC[C@@H](O)CO)c2)ncc1F. The highest BCUT2D eigenvalue weighted by molar-refractivity contribution is 5.95. The second-order valence-corrected chi connectivity index (χ2v) is 5.39. The largest absolute Gasteiger partial charge is 0.394 e. The minimum absolute atomic E-state index is 0.0581. The molecular weight excluding hydrogens is 315 g/mol. The van der Waals surface area contributed by atoms with Gasteiger partial charge in [-0.05, 0) is 12.1 Å². The molecule has 1 amide bonds. The van der Waals surface area contributed by atoms with Crippen molar-refractivity contribution in [2.24, 2.45) is 0 Å². The number of nitrogens with zero attached hydrogens (tertiary/aromatic N) is 3. The van der Waals surface area contributed by atoms with Gasteiger partial charge in [0.1, 0.15) is 0 Å². The summed E-state index contributed by atoms with van der Waals surface area (Å²) < 4.78 is 13.7. The third kappa shape index (κ3) is 4.24. The molecule has 0 aliphatic rings. The van der Waals surface area contributed by atoms with E-state index in [1.54, 1.807) is 38.4 Å². The van der Waals surface area contributed by atoms with E-state index < -0.39 is 24.4 Å². The third-order valence-corrected chi connectivity index (χ3v) is 3.24. The number of benzene rings is 1. The molecule has 0 radical (unpaired) electrons. The number of aliphatic hydroxyl groups excluding tert-OH is 2. The van der Waals surface area contributed by atoms with Crippen molar-refractivity contribution in [3.05, 3.63) is 41.8 Å². The van der Waals surface area contributed by atoms with Crippen molar-refractivity contribution in [2.45, 2.75) is 6.10 Å². The third-order valence-electron chi connectivity index (χ3n) is 3.24. The van der Waals surface area contributed by atoms with Gasteiger partial charge in [0.25, 0.3) is 5.91 Å². The van der Waals surface area contributed by atoms with E-state index in [0.717, 1.165) is 6.20 Å². The number of hydrogen-bond acceptors (Lipinski definition) is 6. The highest BCUT2D eigenvalue weighted by Crippen LogP contribution is 2.20. The molecule has 7 nitrogen and oxygen atoms in total. The number of amides is 1. The number of nitrogens with one attached hydrogen (secondary N) is 1. The molecule has 128 valence electrons. The minimum atomic E-state index is -1.01. The number of anilines is 1. The van der Waals surface area contributed by atoms with Gasteiger partial charge in [-0.1, -0.05) is 12.1 Å². The number of halogens is 1. The predicted molar refractivity (Wildman–Crippen MR) is 87.2 cm³/mol. The lowest BCUT2D eigenvalue weighted by atomic mass is 10.1. The van der Waals surface area contributed by atoms with Crippen LogP contribution in [0.3, 0.4) is 0 Å². The number of rotatable bonds is 6. The lowest BCUT2D eigenvalue weighted by Crippen LogP contribution is -2.33. The Morgan fingerprint density at radius 2 is 2.17 bits per heavy atom. The number of carbonyl (C=O) groups excluding carboxylic acids is 1. The molecule has 1 atom stereocenters. The Kier molecular flexibility index (Phi) is 5.78. The molecule has 1 aromatic heterocycles. The summed E-state index contributed by atoms with van der Waals surface area (Å²) in [5.74, 6) is -0.485. The van der Waals surface area contributed by atoms with Crippen molar-refractivity contribution in [1.82, 2.24) is 15.3 Å². The average molecular weight is 334 g/mol. The maximum Gasteiger partial charge on any atom is 0.251 e. The first kappa shape index (κ1) is 17.8. The van der Waals surface area contributed by atoms with Crippen LogP contribution in [0.2, 0.25) is 0 Å². The zero-order valence-corrected chi connectivity index (χ0v) is 13.4. The second kappa shape index (κ2) is 7.80. The van der Waals surface area contributed by atoms with Gasteiger partial charge >= 0.3 is 0 Å². The van der Waals surface area contributed by atoms with E-state index in [9.17, 15) is 14.3 Å². The molecule has 0 aliphatic carbocycles. The Morgan fingerprint density at radius 3 is 2.83 bits per heavy atom. The maximum absolute atomic E-state index is 13.7. The van der Waals surface area contributed by atoms with Crippen LogP contribution in [-0.4, -0.2) is 59.4 Å². The highest BCUT2D eigenvalue weighted by atomic mass is 19.1. The summed E-state index contributed by atoms with van der Waals surface area (Å²) in [6.07, 6.45) is 0.0716. The van der Waals surface area contributed by atoms with E-state index in [1.165, 1.54) is 4.90 Å². The van der Waals surface area contributed by atoms with Crippen LogP contribution in [-0.2, 0) is 0 Å². The zero-order chi connectivity index (χ0) is 17.7. The molecule has 2 rings (SSSR count). The van der Waals surface area contributed by atoms with Gasteiger partial charge in [-0.15, -0.1) is 0 Å². The normalized spacial score (nSPS) is 11.9. The number of hydrogen-bond donors (Lipinski definition) is 3. The van der Waals surface area contributed by atoms with Crippen LogP contribution in [0.4, 0.5) is 10.2 Å². The number of aliphatic hydroxyl groups is 2. The Hall–Kier alpha value is -2.58. The van der Waals surface area contributed by atoms with Gasteiger partial charge in [-0.2, -0.15) is 0 Å². The Labute approximate surface area is 138 Å². The summed E-state index contributed by atoms with van der Waals surface area (Å²) in [5, 5.41) is 20.5. The Bertz CT molecular complexity index is 724. The van der Waals surface area contributed by atoms with Gasteiger partial charge in [-0.25, -0.2) is 14.4 Å². The molecule has 0 spiro atoms. The molecular formula is C16H19FN4O3. The molecule has 1 aromatic carbocycles. The highest BCUT2D eigenvalue weighted by Gasteiger charge is 2.13. The van der Waals surface area contributed by atoms with E-state index in [-0.39, 0.29) is 12.4 Å². The Morgan fingerprint density at radius 1 is 1.42 bits per heavy atom. The van der Waals surface area contributed by atoms with Gasteiger partial charge in [0, 0.05) is 31.8 Å². The standard InChI is InChI=1S/C16H19FN4O3/c1-21(2)15-13(17)8-18-14(20-15)10-4-3-5-11(6-10)16(24)19-7-12(23)9-22/h3-6,8,12,22-23H,7,9H2,1-2H3,(H,19,24)/t12-/m1/s1. The molecule has 3 N–H and O–H groups in total. The first-order chi connectivity index (χ1) is 11.4. The van der Waals surface area contributed by atoms with E-state index >= 15 is 0 Å². The molecule has 0 aliphatic heterocycles. The molecule has 8 heteroatoms. The molecule has 0 unspecified atom stereocenters. The van der Waals surface area contributed by atoms with Crippen molar-refractivity contribution < 1.29 is 19.4 Å². The van der Waals surface area contributed by atoms with Crippen LogP contribution >= 0.6 is 0 Å². The fourth-order valence-corrected chi connectivity index (χ4v) is 1.99. The van der Waals surface area contributed by atoms with E-state index in [2.05, 4.69) is 15.3 Å². The zero-order valence-electron chi connectivity index (χ0n) is 13.4. The van der Waals surface area contributed by atoms with Crippen LogP contribution < -0.4 is 10.2 Å². The first-order valence-corrected chi connectivity index (χ1v) is 7.29. The molecule has 0 bridgehead atoms. The topological polar surface area (TPSA) is 98.6 Å². The summed E-state index contributed by atoms with van der Waals surface area (Å²) >= 11 is 0. The van der Waals surface area contributed by atoms with Crippen molar-refractivity contribution in [2.75, 3.05) is 32.1 Å². The van der Waals surface area contributed by atoms with E-state index in [4.69, 9.17) is 5.11 Å². The molecule has 2 aromatic rings. The summed E-state index contributed by atoms with van der Waals surface area (Å²) in [7, 11) is 3.34. The van der Waals surface area contributed by atoms with Gasteiger partial charge in [0.05, 0.1) is 18.9 Å². The summed E-state index contributed by atoms with van der Waals surface area (Å²) in [5.41, 5.74) is 0.908. The summed E-state index contributed by atoms with van der Waals surface area (Å²) in [4.78, 5) is 21.7. The van der Waals surface area contributed by atoms with Crippen molar-refractivity contribution in [3.63, 3.8) is 0 Å². The monoisotopic (exact) mass is 334 g/mol. The number of aromatic nitrogens is 2. The van der Waals surface area contributed by atoms with Crippen molar-refractivity contribution >= 4 is 11.7 Å². The van der Waals surface area contributed by atoms with Gasteiger partial charge in [0.15, 0.2) is 17.5 Å². The van der Waals surface area contributed by atoms with Crippen molar-refractivity contribution in [1.29, 1.82) is 0 Å². The first-order valence-electron chi connectivity index (χ1n) is 7.29.